The molecule has 2 aromatic carbocycles. The minimum absolute atomic E-state index is 0.402. The van der Waals surface area contributed by atoms with Crippen LogP contribution in [0.5, 0.6) is 0 Å². The van der Waals surface area contributed by atoms with Gasteiger partial charge in [0.1, 0.15) is 18.3 Å². The molecule has 0 bridgehead atoms. The van der Waals surface area contributed by atoms with Gasteiger partial charge < -0.3 is 25.4 Å². The molecule has 35 heavy (non-hydrogen) atoms. The summed E-state index contributed by atoms with van der Waals surface area (Å²) in [6.07, 6.45) is -1.91. The van der Waals surface area contributed by atoms with Crippen molar-refractivity contribution in [2.45, 2.75) is 41.9 Å². The van der Waals surface area contributed by atoms with Gasteiger partial charge in [-0.3, -0.25) is 4.57 Å². The van der Waals surface area contributed by atoms with Crippen LogP contribution in [0.15, 0.2) is 72.1 Å². The predicted octanol–water partition coefficient (Wildman–Crippen LogP) is 2.38. The highest BCUT2D eigenvalue weighted by molar-refractivity contribution is 7.98. The van der Waals surface area contributed by atoms with E-state index in [4.69, 9.17) is 14.7 Å². The number of hydrogen-bond donors (Lipinski definition) is 4. The number of fused-ring (bicyclic) bond motifs is 1. The molecular formula is C25H27N5O4S. The van der Waals surface area contributed by atoms with Crippen LogP contribution in [-0.4, -0.2) is 66.3 Å². The van der Waals surface area contributed by atoms with Gasteiger partial charge in [-0.15, -0.1) is 0 Å². The summed E-state index contributed by atoms with van der Waals surface area (Å²) in [6, 6.07) is 20.2. The molecule has 1 aliphatic heterocycles. The minimum atomic E-state index is -1.23. The molecule has 4 atom stereocenters. The number of ether oxygens (including phenoxy) is 1. The summed E-state index contributed by atoms with van der Waals surface area (Å²) in [7, 11) is 0. The van der Waals surface area contributed by atoms with Crippen LogP contribution in [0.25, 0.3) is 11.2 Å². The van der Waals surface area contributed by atoms with Crippen molar-refractivity contribution >= 4 is 28.7 Å². The Bertz CT molecular complexity index is 1260. The van der Waals surface area contributed by atoms with Gasteiger partial charge in [-0.1, -0.05) is 72.4 Å². The van der Waals surface area contributed by atoms with Crippen LogP contribution in [-0.2, 0) is 16.9 Å². The van der Waals surface area contributed by atoms with Gasteiger partial charge in [-0.05, 0) is 17.5 Å². The predicted molar refractivity (Wildman–Crippen MR) is 133 cm³/mol. The van der Waals surface area contributed by atoms with Gasteiger partial charge in [0, 0.05) is 12.3 Å². The van der Waals surface area contributed by atoms with Gasteiger partial charge >= 0.3 is 0 Å². The van der Waals surface area contributed by atoms with E-state index in [1.807, 2.05) is 48.5 Å². The zero-order valence-electron chi connectivity index (χ0n) is 18.9. The zero-order valence-corrected chi connectivity index (χ0v) is 19.8. The average molecular weight is 494 g/mol. The van der Waals surface area contributed by atoms with E-state index >= 15 is 0 Å². The molecule has 0 spiro atoms. The molecule has 0 radical (unpaired) electrons. The average Bonchev–Trinajstić information content (AvgIpc) is 3.44. The third kappa shape index (κ3) is 5.16. The van der Waals surface area contributed by atoms with Crippen LogP contribution in [0.4, 0.5) is 5.82 Å². The van der Waals surface area contributed by atoms with E-state index in [1.165, 1.54) is 23.7 Å². The smallest absolute Gasteiger partial charge is 0.191 e. The van der Waals surface area contributed by atoms with Crippen LogP contribution < -0.4 is 5.32 Å². The van der Waals surface area contributed by atoms with Crippen molar-refractivity contribution in [3.05, 3.63) is 78.1 Å². The molecule has 9 nitrogen and oxygen atoms in total. The van der Waals surface area contributed by atoms with E-state index in [0.717, 1.165) is 12.0 Å². The summed E-state index contributed by atoms with van der Waals surface area (Å²) in [6.45, 7) is 0.250. The second-order valence-electron chi connectivity index (χ2n) is 8.34. The number of benzene rings is 2. The number of aliphatic hydroxyl groups excluding tert-OH is 3. The van der Waals surface area contributed by atoms with E-state index in [-0.39, 0.29) is 0 Å². The van der Waals surface area contributed by atoms with Crippen molar-refractivity contribution in [2.75, 3.05) is 18.5 Å². The molecule has 0 unspecified atom stereocenters. The fourth-order valence-electron chi connectivity index (χ4n) is 4.07. The third-order valence-corrected chi connectivity index (χ3v) is 6.87. The van der Waals surface area contributed by atoms with Crippen molar-refractivity contribution in [1.29, 1.82) is 0 Å². The van der Waals surface area contributed by atoms with E-state index < -0.39 is 31.1 Å². The monoisotopic (exact) mass is 493 g/mol. The Morgan fingerprint density at radius 1 is 0.943 bits per heavy atom. The maximum atomic E-state index is 10.5. The fraction of sp³-hybridized carbons (Fsp3) is 0.320. The highest BCUT2D eigenvalue weighted by Gasteiger charge is 2.44. The molecule has 3 heterocycles. The SMILES string of the molecule is OC[C@H]1O[C@@H](n2cnc3c(NCCc4ccccc4)nc(SCc4ccccc4)nc32)[C@H](O)[C@@H]1O. The van der Waals surface area contributed by atoms with E-state index in [9.17, 15) is 15.3 Å². The van der Waals surface area contributed by atoms with Crippen molar-refractivity contribution in [3.63, 3.8) is 0 Å². The fourth-order valence-corrected chi connectivity index (χ4v) is 4.87. The summed E-state index contributed by atoms with van der Waals surface area (Å²) in [5.74, 6) is 1.28. The van der Waals surface area contributed by atoms with Crippen LogP contribution in [0.1, 0.15) is 17.4 Å². The van der Waals surface area contributed by atoms with Crippen LogP contribution in [0.2, 0.25) is 0 Å². The molecule has 5 rings (SSSR count). The maximum absolute atomic E-state index is 10.5. The Balaban J connectivity index is 1.44. The van der Waals surface area contributed by atoms with E-state index in [2.05, 4.69) is 22.4 Å². The molecule has 10 heteroatoms. The lowest BCUT2D eigenvalue weighted by Gasteiger charge is -2.17. The van der Waals surface area contributed by atoms with Gasteiger partial charge in [0.2, 0.25) is 0 Å². The summed E-state index contributed by atoms with van der Waals surface area (Å²) < 4.78 is 7.31. The molecule has 4 aromatic rings. The molecule has 1 aliphatic rings. The number of thioether (sulfide) groups is 1. The Kier molecular flexibility index (Phi) is 7.26. The van der Waals surface area contributed by atoms with Gasteiger partial charge in [-0.25, -0.2) is 15.0 Å². The second kappa shape index (κ2) is 10.7. The molecule has 4 N–H and O–H groups in total. The molecular weight excluding hydrogens is 466 g/mol. The van der Waals surface area contributed by atoms with Gasteiger partial charge in [0.05, 0.1) is 12.9 Å². The number of aromatic nitrogens is 4. The highest BCUT2D eigenvalue weighted by atomic mass is 32.2. The summed E-state index contributed by atoms with van der Waals surface area (Å²) in [5.41, 5.74) is 3.38. The normalized spacial score (nSPS) is 22.0. The topological polar surface area (TPSA) is 126 Å². The first kappa shape index (κ1) is 23.7. The van der Waals surface area contributed by atoms with Gasteiger partial charge in [0.25, 0.3) is 0 Å². The van der Waals surface area contributed by atoms with E-state index in [0.29, 0.717) is 34.4 Å². The summed E-state index contributed by atoms with van der Waals surface area (Å²) in [5, 5.41) is 34.2. The standard InChI is InChI=1S/C25H27N5O4S/c31-13-18-20(32)21(33)24(34-18)30-15-27-19-22(26-12-11-16-7-3-1-4-8-16)28-25(29-23(19)30)35-14-17-9-5-2-6-10-17/h1-10,15,18,20-21,24,31-33H,11-14H2,(H,26,28,29)/t18-,20-,21-,24-/m1/s1. The summed E-state index contributed by atoms with van der Waals surface area (Å²) in [4.78, 5) is 13.9. The zero-order chi connectivity index (χ0) is 24.2. The Morgan fingerprint density at radius 2 is 1.66 bits per heavy atom. The summed E-state index contributed by atoms with van der Waals surface area (Å²) >= 11 is 1.50. The number of aliphatic hydroxyl groups is 3. The van der Waals surface area contributed by atoms with Crippen molar-refractivity contribution in [1.82, 2.24) is 19.5 Å². The first-order valence-electron chi connectivity index (χ1n) is 11.5. The van der Waals surface area contributed by atoms with Crippen molar-refractivity contribution in [3.8, 4) is 0 Å². The maximum Gasteiger partial charge on any atom is 0.191 e. The molecule has 1 saturated heterocycles. The number of imidazole rings is 1. The number of nitrogens with zero attached hydrogens (tertiary/aromatic N) is 4. The Labute approximate surface area is 206 Å². The number of anilines is 1. The quantitative estimate of drug-likeness (QED) is 0.205. The van der Waals surface area contributed by atoms with Crippen LogP contribution in [0.3, 0.4) is 0 Å². The largest absolute Gasteiger partial charge is 0.394 e. The lowest BCUT2D eigenvalue weighted by Crippen LogP contribution is -2.33. The molecule has 0 aliphatic carbocycles. The lowest BCUT2D eigenvalue weighted by molar-refractivity contribution is -0.0511. The molecule has 0 amide bonds. The second-order valence-corrected chi connectivity index (χ2v) is 9.29. The van der Waals surface area contributed by atoms with Gasteiger partial charge in [0.15, 0.2) is 28.4 Å². The van der Waals surface area contributed by atoms with E-state index in [1.54, 1.807) is 4.57 Å². The highest BCUT2D eigenvalue weighted by Crippen LogP contribution is 2.33. The first-order valence-corrected chi connectivity index (χ1v) is 12.4. The molecule has 1 fully saturated rings. The Morgan fingerprint density at radius 3 is 2.34 bits per heavy atom. The third-order valence-electron chi connectivity index (χ3n) is 5.95. The van der Waals surface area contributed by atoms with Crippen molar-refractivity contribution in [2.24, 2.45) is 0 Å². The molecule has 0 saturated carbocycles. The van der Waals surface area contributed by atoms with Gasteiger partial charge in [-0.2, -0.15) is 0 Å². The van der Waals surface area contributed by atoms with Crippen LogP contribution >= 0.6 is 11.8 Å². The minimum Gasteiger partial charge on any atom is -0.394 e. The van der Waals surface area contributed by atoms with Crippen LogP contribution in [0, 0.1) is 0 Å². The number of nitrogens with one attached hydrogen (secondary N) is 1. The van der Waals surface area contributed by atoms with Crippen molar-refractivity contribution < 1.29 is 20.1 Å². The molecule has 182 valence electrons. The lowest BCUT2D eigenvalue weighted by atomic mass is 10.1. The molecule has 2 aromatic heterocycles. The first-order chi connectivity index (χ1) is 17.1. The number of hydrogen-bond acceptors (Lipinski definition) is 9. The number of rotatable bonds is 9. The Hall–Kier alpha value is -3.02.